The van der Waals surface area contributed by atoms with Crippen LogP contribution in [0, 0.1) is 17.0 Å². The third kappa shape index (κ3) is 5.80. The van der Waals surface area contributed by atoms with Gasteiger partial charge in [-0.2, -0.15) is 9.69 Å². The van der Waals surface area contributed by atoms with Gasteiger partial charge < -0.3 is 5.11 Å². The van der Waals surface area contributed by atoms with Gasteiger partial charge in [-0.15, -0.1) is 0 Å². The summed E-state index contributed by atoms with van der Waals surface area (Å²) in [6.45, 7) is 1.51. The van der Waals surface area contributed by atoms with Crippen LogP contribution in [0.1, 0.15) is 17.0 Å². The number of rotatable bonds is 7. The van der Waals surface area contributed by atoms with Crippen LogP contribution in [-0.2, 0) is 14.8 Å². The number of non-ortho nitro benzene ring substituents is 1. The van der Waals surface area contributed by atoms with Crippen molar-refractivity contribution in [1.29, 1.82) is 0 Å². The van der Waals surface area contributed by atoms with Gasteiger partial charge in [0.25, 0.3) is 27.2 Å². The number of para-hydroxylation sites is 1. The Labute approximate surface area is 275 Å². The predicted molar refractivity (Wildman–Crippen MR) is 177 cm³/mol. The van der Waals surface area contributed by atoms with Crippen molar-refractivity contribution in [2.75, 3.05) is 9.73 Å². The molecule has 0 atom stereocenters. The number of aryl methyl sites for hydroxylation is 1. The van der Waals surface area contributed by atoms with Gasteiger partial charge in [0.2, 0.25) is 0 Å². The Morgan fingerprint density at radius 3 is 2.28 bits per heavy atom. The lowest BCUT2D eigenvalue weighted by atomic mass is 10.1. The average molecular weight is 692 g/mol. The van der Waals surface area contributed by atoms with Crippen LogP contribution in [0.4, 0.5) is 11.4 Å². The zero-order chi connectivity index (χ0) is 33.6. The van der Waals surface area contributed by atoms with E-state index >= 15 is 0 Å². The van der Waals surface area contributed by atoms with Gasteiger partial charge in [-0.3, -0.25) is 24.4 Å². The van der Waals surface area contributed by atoms with Crippen LogP contribution in [0.25, 0.3) is 17.0 Å². The van der Waals surface area contributed by atoms with Crippen LogP contribution in [0.5, 0.6) is 5.75 Å². The first kappa shape index (κ1) is 31.4. The molecule has 13 nitrogen and oxygen atoms in total. The highest BCUT2D eigenvalue weighted by Gasteiger charge is 2.35. The fourth-order valence-corrected chi connectivity index (χ4v) is 6.66. The van der Waals surface area contributed by atoms with Crippen molar-refractivity contribution in [1.82, 2.24) is 9.66 Å². The SMILES string of the molecule is Cc1nc2ccc(S(=O)(=O)Nc3c(Cl)cc([N+](=O)[O-])cc3Cl)cc2c(=O)n1N1C(=O)/C(=C/c2ccccc2O)N=C1c1ccccc1. The number of carbonyl (C=O) groups is 1. The number of carbonyl (C=O) groups excluding carboxylic acids is 1. The van der Waals surface area contributed by atoms with E-state index in [1.165, 1.54) is 31.2 Å². The quantitative estimate of drug-likeness (QED) is 0.130. The van der Waals surface area contributed by atoms with Crippen molar-refractivity contribution in [3.05, 3.63) is 138 Å². The number of phenols is 1. The minimum Gasteiger partial charge on any atom is -0.507 e. The number of amidine groups is 1. The van der Waals surface area contributed by atoms with E-state index in [0.717, 1.165) is 27.9 Å². The van der Waals surface area contributed by atoms with Crippen molar-refractivity contribution < 1.29 is 23.2 Å². The van der Waals surface area contributed by atoms with Gasteiger partial charge >= 0.3 is 0 Å². The minimum absolute atomic E-state index is 0.0749. The largest absolute Gasteiger partial charge is 0.507 e. The lowest BCUT2D eigenvalue weighted by Gasteiger charge is -2.22. The zero-order valence-corrected chi connectivity index (χ0v) is 26.3. The van der Waals surface area contributed by atoms with E-state index in [0.29, 0.717) is 11.1 Å². The molecule has 4 aromatic carbocycles. The molecule has 1 amide bonds. The number of hydrogen-bond acceptors (Lipinski definition) is 9. The lowest BCUT2D eigenvalue weighted by molar-refractivity contribution is -0.384. The number of nitro groups is 1. The maximum absolute atomic E-state index is 14.1. The van der Waals surface area contributed by atoms with Gasteiger partial charge in [-0.1, -0.05) is 71.7 Å². The number of benzene rings is 4. The Balaban J connectivity index is 1.47. The predicted octanol–water partition coefficient (Wildman–Crippen LogP) is 5.39. The van der Waals surface area contributed by atoms with Crippen molar-refractivity contribution in [3.8, 4) is 5.75 Å². The molecule has 0 radical (unpaired) electrons. The molecule has 1 aliphatic heterocycles. The molecule has 0 saturated carbocycles. The number of phenolic OH excluding ortho intramolecular Hbond substituents is 1. The average Bonchev–Trinajstić information content (AvgIpc) is 3.35. The van der Waals surface area contributed by atoms with Gasteiger partial charge in [0.1, 0.15) is 17.3 Å². The summed E-state index contributed by atoms with van der Waals surface area (Å²) < 4.78 is 30.0. The number of aromatic hydroxyl groups is 1. The van der Waals surface area contributed by atoms with E-state index in [4.69, 9.17) is 23.2 Å². The number of nitrogens with one attached hydrogen (secondary N) is 1. The summed E-state index contributed by atoms with van der Waals surface area (Å²) in [6.07, 6.45) is 1.39. The maximum atomic E-state index is 14.1. The third-order valence-corrected chi connectivity index (χ3v) is 9.01. The van der Waals surface area contributed by atoms with E-state index in [1.807, 2.05) is 0 Å². The summed E-state index contributed by atoms with van der Waals surface area (Å²) >= 11 is 12.2. The van der Waals surface area contributed by atoms with Crippen LogP contribution in [0.15, 0.2) is 105 Å². The molecular weight excluding hydrogens is 671 g/mol. The Hall–Kier alpha value is -5.57. The highest BCUT2D eigenvalue weighted by atomic mass is 35.5. The molecule has 47 heavy (non-hydrogen) atoms. The molecule has 2 N–H and O–H groups in total. The number of sulfonamides is 1. The number of halogens is 2. The Bertz CT molecular complexity index is 2350. The van der Waals surface area contributed by atoms with Crippen LogP contribution >= 0.6 is 23.2 Å². The second-order valence-electron chi connectivity index (χ2n) is 10.1. The molecule has 0 bridgehead atoms. The van der Waals surface area contributed by atoms with E-state index in [1.54, 1.807) is 48.5 Å². The fraction of sp³-hybridized carbons (Fsp3) is 0.0323. The molecule has 236 valence electrons. The van der Waals surface area contributed by atoms with Gasteiger partial charge in [-0.25, -0.2) is 18.4 Å². The number of amides is 1. The number of nitro benzene ring substituents is 1. The molecular formula is C31H20Cl2N6O7S. The highest BCUT2D eigenvalue weighted by molar-refractivity contribution is 7.92. The molecule has 5 aromatic rings. The lowest BCUT2D eigenvalue weighted by Crippen LogP contribution is -2.49. The van der Waals surface area contributed by atoms with Gasteiger partial charge in [-0.05, 0) is 37.3 Å². The van der Waals surface area contributed by atoms with Gasteiger partial charge in [0, 0.05) is 23.3 Å². The summed E-state index contributed by atoms with van der Waals surface area (Å²) in [6, 6.07) is 20.5. The van der Waals surface area contributed by atoms with Crippen LogP contribution < -0.4 is 15.3 Å². The Morgan fingerprint density at radius 1 is 0.957 bits per heavy atom. The van der Waals surface area contributed by atoms with Crippen LogP contribution in [-0.4, -0.2) is 39.9 Å². The standard InChI is InChI=1S/C31H20Cl2N6O7S/c1-17-34-25-12-11-21(47(45,46)36-28-23(32)14-20(39(43)44)15-24(28)33)16-22(25)30(41)37(17)38-29(18-7-3-2-4-8-18)35-26(31(38)42)13-19-9-5-6-10-27(19)40/h2-16,36,40H,1H3/b26-13-. The van der Waals surface area contributed by atoms with E-state index < -0.39 is 32.1 Å². The molecule has 6 rings (SSSR count). The summed E-state index contributed by atoms with van der Waals surface area (Å²) in [7, 11) is -4.46. The van der Waals surface area contributed by atoms with E-state index in [2.05, 4.69) is 14.7 Å². The first-order valence-corrected chi connectivity index (χ1v) is 15.8. The molecule has 0 spiro atoms. The first-order chi connectivity index (χ1) is 22.4. The van der Waals surface area contributed by atoms with Gasteiger partial charge in [0.05, 0.1) is 36.5 Å². The summed E-state index contributed by atoms with van der Waals surface area (Å²) in [5, 5.41) is 21.7. The van der Waals surface area contributed by atoms with Crippen molar-refractivity contribution in [2.45, 2.75) is 11.8 Å². The highest BCUT2D eigenvalue weighted by Crippen LogP contribution is 2.36. The number of fused-ring (bicyclic) bond motifs is 1. The smallest absolute Gasteiger partial charge is 0.297 e. The monoisotopic (exact) mass is 690 g/mol. The second-order valence-corrected chi connectivity index (χ2v) is 12.6. The fourth-order valence-electron chi connectivity index (χ4n) is 4.85. The maximum Gasteiger partial charge on any atom is 0.297 e. The van der Waals surface area contributed by atoms with Crippen molar-refractivity contribution >= 4 is 73.3 Å². The molecule has 0 saturated heterocycles. The summed E-state index contributed by atoms with van der Waals surface area (Å²) in [5.74, 6) is -0.591. The van der Waals surface area contributed by atoms with Crippen molar-refractivity contribution in [3.63, 3.8) is 0 Å². The minimum atomic E-state index is -4.46. The van der Waals surface area contributed by atoms with Gasteiger partial charge in [0.15, 0.2) is 5.84 Å². The molecule has 16 heteroatoms. The summed E-state index contributed by atoms with van der Waals surface area (Å²) in [5.41, 5.74) is -0.636. The number of aromatic nitrogens is 2. The van der Waals surface area contributed by atoms with Crippen molar-refractivity contribution in [2.24, 2.45) is 4.99 Å². The number of anilines is 1. The summed E-state index contributed by atoms with van der Waals surface area (Å²) in [4.78, 5) is 47.0. The third-order valence-electron chi connectivity index (χ3n) is 7.06. The molecule has 1 aliphatic rings. The number of nitrogens with zero attached hydrogens (tertiary/aromatic N) is 5. The first-order valence-electron chi connectivity index (χ1n) is 13.5. The molecule has 0 aliphatic carbocycles. The number of hydrogen-bond donors (Lipinski definition) is 2. The van der Waals surface area contributed by atoms with Crippen LogP contribution in [0.2, 0.25) is 10.0 Å². The molecule has 0 fully saturated rings. The van der Waals surface area contributed by atoms with E-state index in [-0.39, 0.29) is 54.6 Å². The van der Waals surface area contributed by atoms with Crippen LogP contribution in [0.3, 0.4) is 0 Å². The molecule has 0 unspecified atom stereocenters. The molecule has 1 aromatic heterocycles. The topological polar surface area (TPSA) is 177 Å². The Kier molecular flexibility index (Phi) is 8.01. The number of aliphatic imine (C=N–C) groups is 1. The Morgan fingerprint density at radius 2 is 1.62 bits per heavy atom. The molecule has 2 heterocycles. The van der Waals surface area contributed by atoms with E-state index in [9.17, 15) is 33.2 Å². The second kappa shape index (κ2) is 12.0. The normalized spacial score (nSPS) is 14.1. The zero-order valence-electron chi connectivity index (χ0n) is 24.0.